The number of hydrogen-bond acceptors (Lipinski definition) is 1. The molecule has 0 aliphatic heterocycles. The summed E-state index contributed by atoms with van der Waals surface area (Å²) in [7, 11) is 0. The highest BCUT2D eigenvalue weighted by Crippen LogP contribution is 1.94. The van der Waals surface area contributed by atoms with Gasteiger partial charge in [-0.3, -0.25) is 0 Å². The third-order valence-electron chi connectivity index (χ3n) is 1.61. The molecule has 0 aromatic heterocycles. The zero-order chi connectivity index (χ0) is 9.78. The lowest BCUT2D eigenvalue weighted by Crippen LogP contribution is -1.70. The molecule has 1 nitrogen and oxygen atoms in total. The van der Waals surface area contributed by atoms with Crippen LogP contribution in [0.25, 0.3) is 0 Å². The quantitative estimate of drug-likeness (QED) is 0.362. The summed E-state index contributed by atoms with van der Waals surface area (Å²) in [5, 5.41) is 8.45. The van der Waals surface area contributed by atoms with Crippen molar-refractivity contribution in [3.63, 3.8) is 0 Å². The Morgan fingerprint density at radius 2 is 1.46 bits per heavy atom. The average molecular weight is 180 g/mol. The fourth-order valence-corrected chi connectivity index (χ4v) is 0.901. The van der Waals surface area contributed by atoms with Gasteiger partial charge in [0.1, 0.15) is 0 Å². The molecule has 0 unspecified atom stereocenters. The Hall–Kier alpha value is -0.820. The van der Waals surface area contributed by atoms with E-state index in [0.717, 1.165) is 19.3 Å². The van der Waals surface area contributed by atoms with E-state index in [1.807, 2.05) is 6.08 Å². The fraction of sp³-hybridized carbons (Fsp3) is 0.500. The second-order valence-corrected chi connectivity index (χ2v) is 2.88. The fourth-order valence-electron chi connectivity index (χ4n) is 0.901. The van der Waals surface area contributed by atoms with Crippen LogP contribution in [0.5, 0.6) is 0 Å². The van der Waals surface area contributed by atoms with E-state index in [0.29, 0.717) is 0 Å². The predicted octanol–water partition coefficient (Wildman–Crippen LogP) is 3.23. The molecule has 0 aromatic rings. The zero-order valence-electron chi connectivity index (χ0n) is 8.45. The molecule has 1 heteroatoms. The second-order valence-electron chi connectivity index (χ2n) is 2.88. The van der Waals surface area contributed by atoms with Crippen molar-refractivity contribution < 1.29 is 5.11 Å². The van der Waals surface area contributed by atoms with Gasteiger partial charge < -0.3 is 5.11 Å². The monoisotopic (exact) mass is 180 g/mol. The molecule has 0 saturated carbocycles. The Labute approximate surface area is 81.5 Å². The molecule has 0 saturated heterocycles. The first-order valence-electron chi connectivity index (χ1n) is 4.99. The van der Waals surface area contributed by atoms with E-state index in [4.69, 9.17) is 5.11 Å². The second kappa shape index (κ2) is 11.2. The Kier molecular flexibility index (Phi) is 10.5. The van der Waals surface area contributed by atoms with E-state index in [-0.39, 0.29) is 6.61 Å². The van der Waals surface area contributed by atoms with Crippen LogP contribution in [0.3, 0.4) is 0 Å². The summed E-state index contributed by atoms with van der Waals surface area (Å²) in [4.78, 5) is 0. The molecule has 0 aliphatic carbocycles. The van der Waals surface area contributed by atoms with E-state index in [1.165, 1.54) is 6.42 Å². The van der Waals surface area contributed by atoms with Crippen LogP contribution in [0.2, 0.25) is 0 Å². The smallest absolute Gasteiger partial charge is 0.0612 e. The molecule has 0 rings (SSSR count). The van der Waals surface area contributed by atoms with Crippen LogP contribution in [-0.2, 0) is 0 Å². The molecule has 0 heterocycles. The molecule has 0 bridgehead atoms. The molecular formula is C12H20O. The number of allylic oxidation sites excluding steroid dienone is 5. The highest BCUT2D eigenvalue weighted by molar-refractivity contribution is 5.02. The minimum Gasteiger partial charge on any atom is -0.392 e. The maximum absolute atomic E-state index is 8.45. The van der Waals surface area contributed by atoms with Crippen molar-refractivity contribution in [2.75, 3.05) is 6.61 Å². The van der Waals surface area contributed by atoms with Crippen LogP contribution in [0.15, 0.2) is 36.5 Å². The molecule has 1 N–H and O–H groups in total. The summed E-state index contributed by atoms with van der Waals surface area (Å²) in [6.45, 7) is 2.33. The van der Waals surface area contributed by atoms with Crippen LogP contribution in [0.4, 0.5) is 0 Å². The topological polar surface area (TPSA) is 20.2 Å². The molecule has 0 spiro atoms. The van der Waals surface area contributed by atoms with Gasteiger partial charge in [-0.1, -0.05) is 49.8 Å². The van der Waals surface area contributed by atoms with Crippen molar-refractivity contribution in [3.8, 4) is 0 Å². The van der Waals surface area contributed by atoms with Gasteiger partial charge in [0, 0.05) is 0 Å². The summed E-state index contributed by atoms with van der Waals surface area (Å²) in [5.41, 5.74) is 0. The Morgan fingerprint density at radius 1 is 0.846 bits per heavy atom. The molecular weight excluding hydrogens is 160 g/mol. The average Bonchev–Trinajstić information content (AvgIpc) is 2.16. The molecule has 74 valence electrons. The van der Waals surface area contributed by atoms with Gasteiger partial charge in [-0.25, -0.2) is 0 Å². The molecule has 13 heavy (non-hydrogen) atoms. The number of rotatable bonds is 7. The zero-order valence-corrected chi connectivity index (χ0v) is 8.45. The maximum Gasteiger partial charge on any atom is 0.0612 e. The summed E-state index contributed by atoms with van der Waals surface area (Å²) in [6.07, 6.45) is 16.7. The first-order valence-corrected chi connectivity index (χ1v) is 4.99. The normalized spacial score (nSPS) is 12.5. The summed E-state index contributed by atoms with van der Waals surface area (Å²) in [6, 6.07) is 0. The lowest BCUT2D eigenvalue weighted by atomic mass is 10.2. The van der Waals surface area contributed by atoms with Crippen molar-refractivity contribution in [1.29, 1.82) is 0 Å². The van der Waals surface area contributed by atoms with E-state index < -0.39 is 0 Å². The number of unbranched alkanes of at least 4 members (excludes halogenated alkanes) is 2. The predicted molar refractivity (Wildman–Crippen MR) is 58.6 cm³/mol. The van der Waals surface area contributed by atoms with E-state index in [1.54, 1.807) is 6.08 Å². The molecule has 0 amide bonds. The van der Waals surface area contributed by atoms with Crippen molar-refractivity contribution in [3.05, 3.63) is 36.5 Å². The SMILES string of the molecule is CCCC=CC=CCCC=CCO. The molecule has 0 aromatic carbocycles. The third-order valence-corrected chi connectivity index (χ3v) is 1.61. The van der Waals surface area contributed by atoms with Gasteiger partial charge in [-0.05, 0) is 19.3 Å². The van der Waals surface area contributed by atoms with Crippen LogP contribution >= 0.6 is 0 Å². The van der Waals surface area contributed by atoms with Gasteiger partial charge in [0.25, 0.3) is 0 Å². The van der Waals surface area contributed by atoms with Crippen molar-refractivity contribution >= 4 is 0 Å². The molecule has 0 fully saturated rings. The number of aliphatic hydroxyl groups excluding tert-OH is 1. The highest BCUT2D eigenvalue weighted by atomic mass is 16.2. The minimum absolute atomic E-state index is 0.153. The first-order chi connectivity index (χ1) is 6.41. The lowest BCUT2D eigenvalue weighted by Gasteiger charge is -1.85. The molecule has 0 aliphatic rings. The Morgan fingerprint density at radius 3 is 2.08 bits per heavy atom. The molecule has 0 atom stereocenters. The van der Waals surface area contributed by atoms with Crippen LogP contribution in [-0.4, -0.2) is 11.7 Å². The van der Waals surface area contributed by atoms with Gasteiger partial charge >= 0.3 is 0 Å². The van der Waals surface area contributed by atoms with Crippen LogP contribution in [0, 0.1) is 0 Å². The van der Waals surface area contributed by atoms with E-state index in [9.17, 15) is 0 Å². The third kappa shape index (κ3) is 11.2. The van der Waals surface area contributed by atoms with Gasteiger partial charge in [0.2, 0.25) is 0 Å². The maximum atomic E-state index is 8.45. The highest BCUT2D eigenvalue weighted by Gasteiger charge is 1.75. The summed E-state index contributed by atoms with van der Waals surface area (Å²) >= 11 is 0. The lowest BCUT2D eigenvalue weighted by molar-refractivity contribution is 0.342. The first kappa shape index (κ1) is 12.2. The van der Waals surface area contributed by atoms with Gasteiger partial charge in [0.05, 0.1) is 6.61 Å². The van der Waals surface area contributed by atoms with Crippen molar-refractivity contribution in [1.82, 2.24) is 0 Å². The van der Waals surface area contributed by atoms with E-state index >= 15 is 0 Å². The minimum atomic E-state index is 0.153. The van der Waals surface area contributed by atoms with E-state index in [2.05, 4.69) is 31.2 Å². The van der Waals surface area contributed by atoms with Crippen LogP contribution in [0.1, 0.15) is 32.6 Å². The standard InChI is InChI=1S/C12H20O/c1-2-3-4-5-6-7-8-9-10-11-12-13/h4-7,10-11,13H,2-3,8-9,12H2,1H3. The Balaban J connectivity index is 3.26. The number of hydrogen-bond donors (Lipinski definition) is 1. The van der Waals surface area contributed by atoms with Gasteiger partial charge in [-0.15, -0.1) is 0 Å². The number of aliphatic hydroxyl groups is 1. The summed E-state index contributed by atoms with van der Waals surface area (Å²) < 4.78 is 0. The largest absolute Gasteiger partial charge is 0.392 e. The molecule has 0 radical (unpaired) electrons. The van der Waals surface area contributed by atoms with Crippen molar-refractivity contribution in [2.45, 2.75) is 32.6 Å². The van der Waals surface area contributed by atoms with Gasteiger partial charge in [-0.2, -0.15) is 0 Å². The van der Waals surface area contributed by atoms with Crippen molar-refractivity contribution in [2.24, 2.45) is 0 Å². The van der Waals surface area contributed by atoms with Gasteiger partial charge in [0.15, 0.2) is 0 Å². The Bertz CT molecular complexity index is 166. The summed E-state index contributed by atoms with van der Waals surface area (Å²) in [5.74, 6) is 0. The van der Waals surface area contributed by atoms with Crippen LogP contribution < -0.4 is 0 Å².